The number of halogens is 1. The van der Waals surface area contributed by atoms with Gasteiger partial charge in [-0.25, -0.2) is 4.39 Å². The molecule has 1 fully saturated rings. The third kappa shape index (κ3) is 4.28. The van der Waals surface area contributed by atoms with Crippen molar-refractivity contribution in [1.29, 1.82) is 0 Å². The molecule has 1 heterocycles. The van der Waals surface area contributed by atoms with Crippen molar-refractivity contribution in [3.63, 3.8) is 0 Å². The first-order valence-electron chi connectivity index (χ1n) is 7.12. The van der Waals surface area contributed by atoms with Crippen LogP contribution < -0.4 is 11.5 Å². The van der Waals surface area contributed by atoms with Crippen LogP contribution in [0.5, 0.6) is 0 Å². The van der Waals surface area contributed by atoms with Crippen LogP contribution in [0.1, 0.15) is 30.4 Å². The average Bonchev–Trinajstić information content (AvgIpc) is 2.45. The van der Waals surface area contributed by atoms with E-state index in [2.05, 4.69) is 11.8 Å². The summed E-state index contributed by atoms with van der Waals surface area (Å²) >= 11 is 0. The van der Waals surface area contributed by atoms with E-state index in [1.807, 2.05) is 11.0 Å². The summed E-state index contributed by atoms with van der Waals surface area (Å²) in [5.74, 6) is 4.90. The lowest BCUT2D eigenvalue weighted by molar-refractivity contribution is -0.124. The van der Waals surface area contributed by atoms with Gasteiger partial charge in [0.15, 0.2) is 0 Å². The molecule has 1 aromatic rings. The quantitative estimate of drug-likeness (QED) is 0.815. The van der Waals surface area contributed by atoms with Crippen molar-refractivity contribution in [2.75, 3.05) is 13.1 Å². The SMILES string of the molecule is NCC#Cc1cc(F)cc(CN2CCCCC2C(N)=O)c1. The summed E-state index contributed by atoms with van der Waals surface area (Å²) in [5.41, 5.74) is 12.2. The highest BCUT2D eigenvalue weighted by Gasteiger charge is 2.26. The van der Waals surface area contributed by atoms with Gasteiger partial charge in [0.1, 0.15) is 5.82 Å². The second-order valence-electron chi connectivity index (χ2n) is 5.24. The Morgan fingerprint density at radius 3 is 2.90 bits per heavy atom. The highest BCUT2D eigenvalue weighted by Crippen LogP contribution is 2.20. The summed E-state index contributed by atoms with van der Waals surface area (Å²) in [5, 5.41) is 0. The second-order valence-corrected chi connectivity index (χ2v) is 5.24. The molecule has 0 aliphatic carbocycles. The molecule has 1 amide bonds. The maximum atomic E-state index is 13.7. The fourth-order valence-electron chi connectivity index (χ4n) is 2.70. The Morgan fingerprint density at radius 2 is 2.19 bits per heavy atom. The molecule has 5 heteroatoms. The molecule has 1 aromatic carbocycles. The van der Waals surface area contributed by atoms with Crippen molar-refractivity contribution in [2.24, 2.45) is 11.5 Å². The molecule has 4 N–H and O–H groups in total. The number of likely N-dealkylation sites (tertiary alicyclic amines) is 1. The van der Waals surface area contributed by atoms with Gasteiger partial charge < -0.3 is 11.5 Å². The molecule has 1 aliphatic heterocycles. The van der Waals surface area contributed by atoms with Crippen molar-refractivity contribution in [1.82, 2.24) is 4.90 Å². The number of carbonyl (C=O) groups excluding carboxylic acids is 1. The number of nitrogens with two attached hydrogens (primary N) is 2. The maximum absolute atomic E-state index is 13.7. The number of amides is 1. The van der Waals surface area contributed by atoms with Gasteiger partial charge >= 0.3 is 0 Å². The second kappa shape index (κ2) is 7.21. The number of piperidine rings is 1. The van der Waals surface area contributed by atoms with Gasteiger partial charge in [0.2, 0.25) is 5.91 Å². The van der Waals surface area contributed by atoms with Gasteiger partial charge in [0.25, 0.3) is 0 Å². The average molecular weight is 289 g/mol. The lowest BCUT2D eigenvalue weighted by Gasteiger charge is -2.33. The molecule has 112 valence electrons. The van der Waals surface area contributed by atoms with Crippen LogP contribution in [-0.2, 0) is 11.3 Å². The molecular formula is C16H20FN3O. The normalized spacial score (nSPS) is 18.9. The van der Waals surface area contributed by atoms with E-state index < -0.39 is 0 Å². The predicted octanol–water partition coefficient (Wildman–Crippen LogP) is 0.976. The monoisotopic (exact) mass is 289 g/mol. The van der Waals surface area contributed by atoms with Crippen LogP contribution in [0.2, 0.25) is 0 Å². The lowest BCUT2D eigenvalue weighted by atomic mass is 10.00. The molecule has 1 saturated heterocycles. The minimum absolute atomic E-state index is 0.238. The van der Waals surface area contributed by atoms with E-state index in [0.29, 0.717) is 12.1 Å². The van der Waals surface area contributed by atoms with E-state index in [1.165, 1.54) is 12.1 Å². The van der Waals surface area contributed by atoms with Crippen LogP contribution >= 0.6 is 0 Å². The lowest BCUT2D eigenvalue weighted by Crippen LogP contribution is -2.47. The summed E-state index contributed by atoms with van der Waals surface area (Å²) in [7, 11) is 0. The van der Waals surface area contributed by atoms with Crippen molar-refractivity contribution in [3.8, 4) is 11.8 Å². The van der Waals surface area contributed by atoms with E-state index in [0.717, 1.165) is 31.4 Å². The van der Waals surface area contributed by atoms with Gasteiger partial charge in [0, 0.05) is 12.1 Å². The number of rotatable bonds is 3. The van der Waals surface area contributed by atoms with Crippen molar-refractivity contribution in [2.45, 2.75) is 31.8 Å². The van der Waals surface area contributed by atoms with E-state index in [9.17, 15) is 9.18 Å². The topological polar surface area (TPSA) is 72.3 Å². The summed E-state index contributed by atoms with van der Waals surface area (Å²) in [6.07, 6.45) is 2.80. The zero-order valence-electron chi connectivity index (χ0n) is 11.9. The van der Waals surface area contributed by atoms with Gasteiger partial charge in [0.05, 0.1) is 12.6 Å². The first-order chi connectivity index (χ1) is 10.1. The molecule has 0 spiro atoms. The standard InChI is InChI=1S/C16H20FN3O/c17-14-9-12(4-3-6-18)8-13(10-14)11-20-7-2-1-5-15(20)16(19)21/h8-10,15H,1-2,5-7,11,18H2,(H2,19,21). The first-order valence-corrected chi connectivity index (χ1v) is 7.12. The Morgan fingerprint density at radius 1 is 1.38 bits per heavy atom. The Bertz CT molecular complexity index is 577. The van der Waals surface area contributed by atoms with Crippen LogP contribution in [0, 0.1) is 17.7 Å². The number of benzene rings is 1. The molecule has 1 aliphatic rings. The molecule has 21 heavy (non-hydrogen) atoms. The Balaban J connectivity index is 2.17. The van der Waals surface area contributed by atoms with E-state index in [-0.39, 0.29) is 24.3 Å². The zero-order valence-corrected chi connectivity index (χ0v) is 11.9. The van der Waals surface area contributed by atoms with Crippen molar-refractivity contribution < 1.29 is 9.18 Å². The Labute approximate surface area is 124 Å². The van der Waals surface area contributed by atoms with E-state index >= 15 is 0 Å². The molecule has 0 aromatic heterocycles. The van der Waals surface area contributed by atoms with Crippen molar-refractivity contribution >= 4 is 5.91 Å². The summed E-state index contributed by atoms with van der Waals surface area (Å²) in [6.45, 7) is 1.54. The minimum atomic E-state index is -0.332. The maximum Gasteiger partial charge on any atom is 0.234 e. The van der Waals surface area contributed by atoms with Gasteiger partial charge in [-0.05, 0) is 43.1 Å². The first kappa shape index (κ1) is 15.5. The van der Waals surface area contributed by atoms with Gasteiger partial charge in [-0.3, -0.25) is 9.69 Å². The number of primary amides is 1. The smallest absolute Gasteiger partial charge is 0.234 e. The summed E-state index contributed by atoms with van der Waals surface area (Å²) in [6, 6.07) is 4.42. The van der Waals surface area contributed by atoms with Gasteiger partial charge in [-0.1, -0.05) is 18.3 Å². The fourth-order valence-corrected chi connectivity index (χ4v) is 2.70. The molecule has 1 atom stereocenters. The number of hydrogen-bond donors (Lipinski definition) is 2. The van der Waals surface area contributed by atoms with Crippen LogP contribution in [-0.4, -0.2) is 29.9 Å². The zero-order chi connectivity index (χ0) is 15.2. The largest absolute Gasteiger partial charge is 0.368 e. The molecule has 4 nitrogen and oxygen atoms in total. The number of nitrogens with zero attached hydrogens (tertiary/aromatic N) is 1. The molecule has 0 bridgehead atoms. The molecular weight excluding hydrogens is 269 g/mol. The highest BCUT2D eigenvalue weighted by atomic mass is 19.1. The van der Waals surface area contributed by atoms with E-state index in [4.69, 9.17) is 11.5 Å². The van der Waals surface area contributed by atoms with Gasteiger partial charge in [-0.2, -0.15) is 0 Å². The Kier molecular flexibility index (Phi) is 5.32. The van der Waals surface area contributed by atoms with Crippen LogP contribution in [0.15, 0.2) is 18.2 Å². The Hall–Kier alpha value is -1.90. The summed E-state index contributed by atoms with van der Waals surface area (Å²) in [4.78, 5) is 13.5. The van der Waals surface area contributed by atoms with Gasteiger partial charge in [-0.15, -0.1) is 0 Å². The summed E-state index contributed by atoms with van der Waals surface area (Å²) < 4.78 is 13.7. The minimum Gasteiger partial charge on any atom is -0.368 e. The van der Waals surface area contributed by atoms with Crippen LogP contribution in [0.4, 0.5) is 4.39 Å². The number of carbonyl (C=O) groups is 1. The third-order valence-electron chi connectivity index (χ3n) is 3.62. The molecule has 0 saturated carbocycles. The molecule has 1 unspecified atom stereocenters. The van der Waals surface area contributed by atoms with Crippen molar-refractivity contribution in [3.05, 3.63) is 35.1 Å². The molecule has 2 rings (SSSR count). The fraction of sp³-hybridized carbons (Fsp3) is 0.438. The highest BCUT2D eigenvalue weighted by molar-refractivity contribution is 5.79. The molecule has 0 radical (unpaired) electrons. The predicted molar refractivity (Wildman–Crippen MR) is 79.6 cm³/mol. The third-order valence-corrected chi connectivity index (χ3v) is 3.62. The van der Waals surface area contributed by atoms with E-state index in [1.54, 1.807) is 0 Å². The van der Waals surface area contributed by atoms with Crippen LogP contribution in [0.3, 0.4) is 0 Å². The van der Waals surface area contributed by atoms with Crippen LogP contribution in [0.25, 0.3) is 0 Å². The number of hydrogen-bond acceptors (Lipinski definition) is 3.